The van der Waals surface area contributed by atoms with Crippen LogP contribution < -0.4 is 4.74 Å². The maximum atomic E-state index is 5.57. The Labute approximate surface area is 148 Å². The second kappa shape index (κ2) is 8.40. The number of rotatable bonds is 8. The van der Waals surface area contributed by atoms with Gasteiger partial charge in [-0.1, -0.05) is 19.0 Å². The fraction of sp³-hybridized carbons (Fsp3) is 0.611. The van der Waals surface area contributed by atoms with Crippen molar-refractivity contribution in [3.05, 3.63) is 24.2 Å². The molecule has 7 nitrogen and oxygen atoms in total. The lowest BCUT2D eigenvalue weighted by atomic mass is 10.1. The second-order valence-electron chi connectivity index (χ2n) is 6.73. The number of likely N-dealkylation sites (tertiary alicyclic amines) is 1. The van der Waals surface area contributed by atoms with Gasteiger partial charge >= 0.3 is 0 Å². The monoisotopic (exact) mass is 346 g/mol. The molecule has 1 aliphatic heterocycles. The van der Waals surface area contributed by atoms with E-state index >= 15 is 0 Å². The van der Waals surface area contributed by atoms with Crippen molar-refractivity contribution in [3.8, 4) is 17.3 Å². The van der Waals surface area contributed by atoms with Gasteiger partial charge in [0.05, 0.1) is 12.6 Å². The van der Waals surface area contributed by atoms with Crippen LogP contribution in [-0.2, 0) is 4.74 Å². The van der Waals surface area contributed by atoms with Gasteiger partial charge in [0.15, 0.2) is 0 Å². The molecule has 0 amide bonds. The predicted octanol–water partition coefficient (Wildman–Crippen LogP) is 2.95. The third-order valence-electron chi connectivity index (χ3n) is 4.22. The first-order valence-electron chi connectivity index (χ1n) is 8.83. The van der Waals surface area contributed by atoms with Gasteiger partial charge in [-0.15, -0.1) is 0 Å². The smallest absolute Gasteiger partial charge is 0.244 e. The van der Waals surface area contributed by atoms with Crippen LogP contribution in [0.4, 0.5) is 0 Å². The molecule has 3 heterocycles. The molecule has 0 aromatic carbocycles. The number of nitrogens with zero attached hydrogens (tertiary/aromatic N) is 4. The predicted molar refractivity (Wildman–Crippen MR) is 93.3 cm³/mol. The Morgan fingerprint density at radius 3 is 3.04 bits per heavy atom. The number of methoxy groups -OCH3 is 1. The highest BCUT2D eigenvalue weighted by molar-refractivity contribution is 5.55. The molecule has 0 radical (unpaired) electrons. The molecule has 2 aromatic heterocycles. The number of hydrogen-bond acceptors (Lipinski definition) is 7. The van der Waals surface area contributed by atoms with Gasteiger partial charge in [0.1, 0.15) is 6.61 Å². The van der Waals surface area contributed by atoms with Crippen LogP contribution in [0.3, 0.4) is 0 Å². The van der Waals surface area contributed by atoms with Crippen molar-refractivity contribution in [1.82, 2.24) is 20.0 Å². The molecule has 1 aliphatic rings. The lowest BCUT2D eigenvalue weighted by molar-refractivity contribution is 0.144. The average molecular weight is 346 g/mol. The van der Waals surface area contributed by atoms with E-state index in [4.69, 9.17) is 14.0 Å². The van der Waals surface area contributed by atoms with Crippen LogP contribution in [0.15, 0.2) is 22.9 Å². The molecule has 3 rings (SSSR count). The summed E-state index contributed by atoms with van der Waals surface area (Å²) in [6.07, 6.45) is 3.92. The molecule has 0 bridgehead atoms. The highest BCUT2D eigenvalue weighted by Gasteiger charge is 2.31. The van der Waals surface area contributed by atoms with E-state index in [0.29, 0.717) is 36.7 Å². The Balaban J connectivity index is 1.72. The molecular weight excluding hydrogens is 320 g/mol. The minimum atomic E-state index is 0.225. The van der Waals surface area contributed by atoms with Crippen LogP contribution >= 0.6 is 0 Å². The van der Waals surface area contributed by atoms with E-state index in [1.54, 1.807) is 13.3 Å². The zero-order chi connectivity index (χ0) is 17.6. The van der Waals surface area contributed by atoms with Gasteiger partial charge in [0.25, 0.3) is 0 Å². The summed E-state index contributed by atoms with van der Waals surface area (Å²) in [7, 11) is 1.64. The Bertz CT molecular complexity index is 674. The minimum Gasteiger partial charge on any atom is -0.475 e. The van der Waals surface area contributed by atoms with Gasteiger partial charge in [-0.25, -0.2) is 4.98 Å². The zero-order valence-electron chi connectivity index (χ0n) is 15.1. The van der Waals surface area contributed by atoms with Crippen LogP contribution in [0.25, 0.3) is 11.4 Å². The normalized spacial score (nSPS) is 18.2. The van der Waals surface area contributed by atoms with E-state index in [-0.39, 0.29) is 6.04 Å². The van der Waals surface area contributed by atoms with Crippen molar-refractivity contribution in [2.45, 2.75) is 32.7 Å². The van der Waals surface area contributed by atoms with Gasteiger partial charge in [-0.2, -0.15) is 4.98 Å². The van der Waals surface area contributed by atoms with Crippen LogP contribution in [0, 0.1) is 5.92 Å². The Hall–Kier alpha value is -1.99. The van der Waals surface area contributed by atoms with E-state index in [1.807, 2.05) is 12.1 Å². The van der Waals surface area contributed by atoms with E-state index < -0.39 is 0 Å². The molecule has 0 unspecified atom stereocenters. The Morgan fingerprint density at radius 2 is 2.24 bits per heavy atom. The van der Waals surface area contributed by atoms with Gasteiger partial charge in [-0.05, 0) is 31.4 Å². The third-order valence-corrected chi connectivity index (χ3v) is 4.22. The summed E-state index contributed by atoms with van der Waals surface area (Å²) in [5.41, 5.74) is 0.839. The van der Waals surface area contributed by atoms with Crippen molar-refractivity contribution < 1.29 is 14.0 Å². The van der Waals surface area contributed by atoms with Crippen molar-refractivity contribution in [1.29, 1.82) is 0 Å². The molecule has 25 heavy (non-hydrogen) atoms. The largest absolute Gasteiger partial charge is 0.475 e. The topological polar surface area (TPSA) is 73.5 Å². The lowest BCUT2D eigenvalue weighted by Gasteiger charge is -2.23. The highest BCUT2D eigenvalue weighted by atomic mass is 16.5. The first kappa shape index (κ1) is 17.8. The number of ether oxygens (including phenoxy) is 2. The summed E-state index contributed by atoms with van der Waals surface area (Å²) in [5.74, 6) is 2.43. The maximum absolute atomic E-state index is 5.57. The third kappa shape index (κ3) is 4.55. The van der Waals surface area contributed by atoms with Gasteiger partial charge < -0.3 is 14.0 Å². The summed E-state index contributed by atoms with van der Waals surface area (Å²) < 4.78 is 16.1. The van der Waals surface area contributed by atoms with Gasteiger partial charge in [0.2, 0.25) is 17.6 Å². The zero-order valence-corrected chi connectivity index (χ0v) is 15.1. The molecule has 136 valence electrons. The van der Waals surface area contributed by atoms with E-state index in [2.05, 4.69) is 33.9 Å². The van der Waals surface area contributed by atoms with Crippen LogP contribution in [0.2, 0.25) is 0 Å². The van der Waals surface area contributed by atoms with Crippen molar-refractivity contribution in [2.75, 3.05) is 33.4 Å². The molecule has 7 heteroatoms. The maximum Gasteiger partial charge on any atom is 0.244 e. The fourth-order valence-corrected chi connectivity index (χ4v) is 3.14. The van der Waals surface area contributed by atoms with Gasteiger partial charge in [-0.3, -0.25) is 4.90 Å². The summed E-state index contributed by atoms with van der Waals surface area (Å²) in [6.45, 7) is 7.58. The summed E-state index contributed by atoms with van der Waals surface area (Å²) >= 11 is 0. The highest BCUT2D eigenvalue weighted by Crippen LogP contribution is 2.32. The molecule has 0 spiro atoms. The van der Waals surface area contributed by atoms with E-state index in [1.165, 1.54) is 6.42 Å². The molecule has 1 fully saturated rings. The fourth-order valence-electron chi connectivity index (χ4n) is 3.14. The lowest BCUT2D eigenvalue weighted by Crippen LogP contribution is -2.27. The molecule has 1 saturated heterocycles. The average Bonchev–Trinajstić information content (AvgIpc) is 3.24. The van der Waals surface area contributed by atoms with E-state index in [9.17, 15) is 0 Å². The Kier molecular flexibility index (Phi) is 5.99. The van der Waals surface area contributed by atoms with Crippen LogP contribution in [0.5, 0.6) is 5.88 Å². The quantitative estimate of drug-likeness (QED) is 0.680. The van der Waals surface area contributed by atoms with Crippen LogP contribution in [-0.4, -0.2) is 53.4 Å². The molecule has 2 aromatic rings. The first-order chi connectivity index (χ1) is 12.2. The molecule has 0 saturated carbocycles. The van der Waals surface area contributed by atoms with Gasteiger partial charge in [0, 0.05) is 31.5 Å². The number of hydrogen-bond donors (Lipinski definition) is 0. The van der Waals surface area contributed by atoms with Crippen LogP contribution in [0.1, 0.15) is 38.6 Å². The second-order valence-corrected chi connectivity index (χ2v) is 6.73. The Morgan fingerprint density at radius 1 is 1.36 bits per heavy atom. The summed E-state index contributed by atoms with van der Waals surface area (Å²) in [6, 6.07) is 3.91. The van der Waals surface area contributed by atoms with E-state index in [0.717, 1.165) is 25.1 Å². The summed E-state index contributed by atoms with van der Waals surface area (Å²) in [4.78, 5) is 11.3. The van der Waals surface area contributed by atoms with Crippen molar-refractivity contribution in [2.24, 2.45) is 5.92 Å². The van der Waals surface area contributed by atoms with Crippen molar-refractivity contribution >= 4 is 0 Å². The summed E-state index contributed by atoms with van der Waals surface area (Å²) in [5, 5.41) is 4.16. The molecule has 0 N–H and O–H groups in total. The SMILES string of the molecule is COCCOc1cc(-c2noc([C@@H]3CCCN3CC(C)C)n2)ccn1. The minimum absolute atomic E-state index is 0.225. The number of pyridine rings is 1. The first-order valence-corrected chi connectivity index (χ1v) is 8.83. The molecule has 1 atom stereocenters. The number of aromatic nitrogens is 3. The standard InChI is InChI=1S/C18H26N4O3/c1-13(2)12-22-8-4-5-15(22)18-20-17(21-25-18)14-6-7-19-16(11-14)24-10-9-23-3/h6-7,11,13,15H,4-5,8-10,12H2,1-3H3/t15-/m0/s1. The molecule has 0 aliphatic carbocycles. The molecular formula is C18H26N4O3. The van der Waals surface area contributed by atoms with Crippen molar-refractivity contribution in [3.63, 3.8) is 0 Å².